The Labute approximate surface area is 259 Å². The fourth-order valence-corrected chi connectivity index (χ4v) is 7.29. The summed E-state index contributed by atoms with van der Waals surface area (Å²) in [6.07, 6.45) is 0. The molecule has 258 valence electrons. The van der Waals surface area contributed by atoms with Crippen molar-refractivity contribution in [3.8, 4) is 0 Å². The van der Waals surface area contributed by atoms with Crippen molar-refractivity contribution in [3.63, 3.8) is 0 Å². The second-order valence-electron chi connectivity index (χ2n) is 14.3. The van der Waals surface area contributed by atoms with E-state index in [1.807, 2.05) is 0 Å². The SMILES string of the molecule is COC1(C)OC(C)(COS(=O)(=O)O)C(C)(C)[C@@](C)(COCC2(C)OC(C)(C(=O)O)[C@@](C)(O)[C@@](C)(O)[C@]2(C)O)[C@]1(C)NC(C)=O. The zero-order valence-electron chi connectivity index (χ0n) is 27.9. The van der Waals surface area contributed by atoms with Gasteiger partial charge in [0, 0.05) is 24.9 Å². The lowest BCUT2D eigenvalue weighted by molar-refractivity contribution is -0.408. The first-order valence-corrected chi connectivity index (χ1v) is 15.5. The van der Waals surface area contributed by atoms with Gasteiger partial charge in [-0.25, -0.2) is 8.98 Å². The average molecular weight is 658 g/mol. The summed E-state index contributed by atoms with van der Waals surface area (Å²) in [5.74, 6) is -3.71. The van der Waals surface area contributed by atoms with Crippen LogP contribution < -0.4 is 5.32 Å². The van der Waals surface area contributed by atoms with Gasteiger partial charge in [-0.1, -0.05) is 20.8 Å². The number of carboxylic acid groups (broad SMARTS) is 1. The molecule has 2 heterocycles. The molecule has 2 aliphatic rings. The third kappa shape index (κ3) is 5.09. The Morgan fingerprint density at radius 3 is 1.68 bits per heavy atom. The van der Waals surface area contributed by atoms with Gasteiger partial charge in [0.1, 0.15) is 22.4 Å². The van der Waals surface area contributed by atoms with Crippen LogP contribution >= 0.6 is 0 Å². The number of rotatable bonds is 10. The molecular formula is C28H51NO14S. The summed E-state index contributed by atoms with van der Waals surface area (Å²) in [4.78, 5) is 25.0. The number of aliphatic hydroxyl groups is 3. The fourth-order valence-electron chi connectivity index (χ4n) is 6.91. The molecule has 2 saturated heterocycles. The zero-order valence-corrected chi connectivity index (χ0v) is 28.8. The molecule has 0 spiro atoms. The van der Waals surface area contributed by atoms with Crippen molar-refractivity contribution in [2.75, 3.05) is 26.9 Å². The first kappa shape index (κ1) is 38.7. The largest absolute Gasteiger partial charge is 0.479 e. The third-order valence-electron chi connectivity index (χ3n) is 11.9. The average Bonchev–Trinajstić information content (AvgIpc) is 2.84. The molecule has 0 aromatic rings. The molecule has 2 aliphatic heterocycles. The van der Waals surface area contributed by atoms with E-state index >= 15 is 0 Å². The van der Waals surface area contributed by atoms with Gasteiger partial charge in [0.2, 0.25) is 5.91 Å². The Hall–Kier alpha value is -1.47. The lowest BCUT2D eigenvalue weighted by Crippen LogP contribution is -2.86. The maximum absolute atomic E-state index is 12.6. The molecule has 2 fully saturated rings. The number of hydrogen-bond donors (Lipinski definition) is 6. The topological polar surface area (TPSA) is 228 Å². The summed E-state index contributed by atoms with van der Waals surface area (Å²) in [6.45, 7) is 15.5. The number of amides is 1. The molecule has 6 N–H and O–H groups in total. The van der Waals surface area contributed by atoms with Crippen LogP contribution in [0.15, 0.2) is 0 Å². The van der Waals surface area contributed by atoms with E-state index in [0.717, 1.165) is 20.8 Å². The molecule has 0 aromatic carbocycles. The Balaban J connectivity index is 2.70. The van der Waals surface area contributed by atoms with Gasteiger partial charge in [-0.2, -0.15) is 8.42 Å². The van der Waals surface area contributed by atoms with Gasteiger partial charge >= 0.3 is 16.4 Å². The van der Waals surface area contributed by atoms with Gasteiger partial charge in [0.15, 0.2) is 11.4 Å². The molecule has 9 atom stereocenters. The van der Waals surface area contributed by atoms with Crippen molar-refractivity contribution in [1.82, 2.24) is 5.32 Å². The first-order chi connectivity index (χ1) is 19.2. The van der Waals surface area contributed by atoms with Crippen LogP contribution in [0.25, 0.3) is 0 Å². The van der Waals surface area contributed by atoms with Crippen molar-refractivity contribution >= 4 is 22.3 Å². The maximum atomic E-state index is 12.6. The quantitative estimate of drug-likeness (QED) is 0.179. The van der Waals surface area contributed by atoms with E-state index in [1.165, 1.54) is 34.8 Å². The minimum absolute atomic E-state index is 0.280. The number of nitrogens with one attached hydrogen (secondary N) is 1. The summed E-state index contributed by atoms with van der Waals surface area (Å²) in [6, 6.07) is 0. The molecule has 0 bridgehead atoms. The Bertz CT molecular complexity index is 1270. The smallest absolute Gasteiger partial charge is 0.397 e. The minimum atomic E-state index is -4.89. The van der Waals surface area contributed by atoms with Gasteiger partial charge < -0.3 is 44.7 Å². The lowest BCUT2D eigenvalue weighted by atomic mass is 9.47. The summed E-state index contributed by atoms with van der Waals surface area (Å²) in [5, 5.41) is 47.3. The Morgan fingerprint density at radius 1 is 0.773 bits per heavy atom. The van der Waals surface area contributed by atoms with Crippen LogP contribution in [0.5, 0.6) is 0 Å². The van der Waals surface area contributed by atoms with Gasteiger partial charge in [0.05, 0.1) is 31.0 Å². The van der Waals surface area contributed by atoms with E-state index in [9.17, 15) is 43.0 Å². The molecule has 16 heteroatoms. The summed E-state index contributed by atoms with van der Waals surface area (Å²) >= 11 is 0. The van der Waals surface area contributed by atoms with Crippen molar-refractivity contribution in [2.45, 2.75) is 128 Å². The van der Waals surface area contributed by atoms with E-state index in [4.69, 9.17) is 23.1 Å². The third-order valence-corrected chi connectivity index (χ3v) is 12.3. The molecule has 0 saturated carbocycles. The van der Waals surface area contributed by atoms with Gasteiger partial charge in [-0.3, -0.25) is 9.35 Å². The highest BCUT2D eigenvalue weighted by Crippen LogP contribution is 2.63. The van der Waals surface area contributed by atoms with E-state index in [2.05, 4.69) is 5.32 Å². The van der Waals surface area contributed by atoms with Crippen LogP contribution in [0.1, 0.15) is 83.1 Å². The maximum Gasteiger partial charge on any atom is 0.397 e. The second-order valence-corrected chi connectivity index (χ2v) is 15.4. The van der Waals surface area contributed by atoms with Crippen LogP contribution in [0, 0.1) is 10.8 Å². The van der Waals surface area contributed by atoms with Crippen LogP contribution in [-0.4, -0.2) is 117 Å². The van der Waals surface area contributed by atoms with Crippen LogP contribution in [0.2, 0.25) is 0 Å². The number of ether oxygens (including phenoxy) is 4. The molecule has 2 rings (SSSR count). The number of carbonyl (C=O) groups is 2. The van der Waals surface area contributed by atoms with Crippen LogP contribution in [-0.2, 0) is 43.1 Å². The molecule has 15 nitrogen and oxygen atoms in total. The number of carbonyl (C=O) groups excluding carboxylic acids is 1. The van der Waals surface area contributed by atoms with Crippen LogP contribution in [0.3, 0.4) is 0 Å². The van der Waals surface area contributed by atoms with Gasteiger partial charge in [0.25, 0.3) is 0 Å². The predicted octanol–water partition coefficient (Wildman–Crippen LogP) is 0.786. The monoisotopic (exact) mass is 657 g/mol. The fraction of sp³-hybridized carbons (Fsp3) is 0.929. The van der Waals surface area contributed by atoms with E-state index in [0.29, 0.717) is 0 Å². The van der Waals surface area contributed by atoms with Crippen molar-refractivity contribution in [1.29, 1.82) is 0 Å². The Kier molecular flexibility index (Phi) is 9.49. The summed E-state index contributed by atoms with van der Waals surface area (Å²) < 4.78 is 61.7. The highest BCUT2D eigenvalue weighted by Gasteiger charge is 2.77. The molecule has 44 heavy (non-hydrogen) atoms. The first-order valence-electron chi connectivity index (χ1n) is 14.1. The number of methoxy groups -OCH3 is 1. The Morgan fingerprint density at radius 2 is 1.27 bits per heavy atom. The highest BCUT2D eigenvalue weighted by molar-refractivity contribution is 7.80. The van der Waals surface area contributed by atoms with Gasteiger partial charge in [-0.15, -0.1) is 0 Å². The predicted molar refractivity (Wildman–Crippen MR) is 155 cm³/mol. The minimum Gasteiger partial charge on any atom is -0.479 e. The molecule has 0 aliphatic carbocycles. The lowest BCUT2D eigenvalue weighted by Gasteiger charge is -2.70. The van der Waals surface area contributed by atoms with E-state index in [-0.39, 0.29) is 6.61 Å². The molecule has 4 unspecified atom stereocenters. The number of carboxylic acids is 1. The number of hydrogen-bond acceptors (Lipinski definition) is 12. The van der Waals surface area contributed by atoms with Crippen LogP contribution in [0.4, 0.5) is 0 Å². The zero-order chi connectivity index (χ0) is 35.0. The molecule has 1 amide bonds. The summed E-state index contributed by atoms with van der Waals surface area (Å²) in [5.41, 5.74) is -16.9. The van der Waals surface area contributed by atoms with Crippen molar-refractivity contribution < 1.29 is 66.1 Å². The highest BCUT2D eigenvalue weighted by atomic mass is 32.3. The van der Waals surface area contributed by atoms with Crippen molar-refractivity contribution in [2.24, 2.45) is 10.8 Å². The van der Waals surface area contributed by atoms with E-state index in [1.54, 1.807) is 34.6 Å². The number of aliphatic carboxylic acids is 1. The molecule has 0 radical (unpaired) electrons. The van der Waals surface area contributed by atoms with E-state index < -0.39 is 91.3 Å². The van der Waals surface area contributed by atoms with Gasteiger partial charge in [-0.05, 0) is 55.4 Å². The summed E-state index contributed by atoms with van der Waals surface area (Å²) in [7, 11) is -3.56. The second kappa shape index (κ2) is 10.8. The molecular weight excluding hydrogens is 606 g/mol. The van der Waals surface area contributed by atoms with Crippen molar-refractivity contribution in [3.05, 3.63) is 0 Å². The normalized spacial score (nSPS) is 47.7. The standard InChI is InChI=1S/C28H51NO14S/c1-17(30)29-24(8)20(4,19(2,3)21(5,16-41-44(36,37)38)43-28(24,12)39-13)14-40-15-22(6)25(9,33)27(11,35)26(10,34)23(7,42-22)18(31)32/h33-35H,14-16H2,1-13H3,(H,29,30)(H,31,32)(H,36,37,38)/t20-,21?,22?,23?,24+,25-,26-,27+,28?/m1/s1. The molecule has 0 aromatic heterocycles.